The first-order valence-electron chi connectivity index (χ1n) is 7.43. The molecular formula is C15H26N2O3. The van der Waals surface area contributed by atoms with Crippen molar-refractivity contribution in [2.24, 2.45) is 5.92 Å². The quantitative estimate of drug-likeness (QED) is 0.705. The fraction of sp³-hybridized carbons (Fsp3) is 0.733. The minimum Gasteiger partial charge on any atom is -0.481 e. The number of carbonyl (C=O) groups excluding carboxylic acids is 1. The van der Waals surface area contributed by atoms with Crippen molar-refractivity contribution in [1.29, 1.82) is 0 Å². The zero-order valence-electron chi connectivity index (χ0n) is 12.5. The number of nitrogens with zero attached hydrogens (tertiary/aromatic N) is 1. The standard InChI is InChI=1S/C15H26N2O3/c1-3-13(4-5-14(18)19)6-9-16-15(20)17-10-7-12(2)8-11-17/h7,13H,3-6,8-11H2,1-2H3,(H,16,20)(H,18,19). The van der Waals surface area contributed by atoms with Gasteiger partial charge in [-0.2, -0.15) is 0 Å². The van der Waals surface area contributed by atoms with E-state index < -0.39 is 5.97 Å². The van der Waals surface area contributed by atoms with Gasteiger partial charge in [-0.1, -0.05) is 25.0 Å². The summed E-state index contributed by atoms with van der Waals surface area (Å²) in [6, 6.07) is -0.0122. The molecule has 1 aliphatic heterocycles. The molecule has 2 amide bonds. The average Bonchev–Trinajstić information content (AvgIpc) is 2.42. The summed E-state index contributed by atoms with van der Waals surface area (Å²) >= 11 is 0. The fourth-order valence-corrected chi connectivity index (χ4v) is 2.33. The van der Waals surface area contributed by atoms with Crippen molar-refractivity contribution in [3.05, 3.63) is 11.6 Å². The summed E-state index contributed by atoms with van der Waals surface area (Å²) in [5, 5.41) is 11.6. The van der Waals surface area contributed by atoms with E-state index in [4.69, 9.17) is 5.11 Å². The van der Waals surface area contributed by atoms with Gasteiger partial charge in [-0.15, -0.1) is 0 Å². The van der Waals surface area contributed by atoms with Crippen LogP contribution in [-0.2, 0) is 4.79 Å². The van der Waals surface area contributed by atoms with Gasteiger partial charge in [-0.25, -0.2) is 4.79 Å². The summed E-state index contributed by atoms with van der Waals surface area (Å²) in [4.78, 5) is 24.3. The fourth-order valence-electron chi connectivity index (χ4n) is 2.33. The average molecular weight is 282 g/mol. The van der Waals surface area contributed by atoms with Gasteiger partial charge < -0.3 is 15.3 Å². The lowest BCUT2D eigenvalue weighted by atomic mass is 9.97. The van der Waals surface area contributed by atoms with Crippen molar-refractivity contribution in [3.63, 3.8) is 0 Å². The Morgan fingerprint density at radius 3 is 2.75 bits per heavy atom. The molecule has 0 aliphatic carbocycles. The molecule has 1 aliphatic rings. The number of aliphatic carboxylic acids is 1. The SMILES string of the molecule is CCC(CCNC(=O)N1CC=C(C)CC1)CCC(=O)O. The molecule has 1 rings (SSSR count). The van der Waals surface area contributed by atoms with Crippen LogP contribution in [0.1, 0.15) is 46.0 Å². The Labute approximate surface area is 121 Å². The molecule has 1 atom stereocenters. The molecule has 0 aromatic rings. The molecule has 0 aromatic heterocycles. The van der Waals surface area contributed by atoms with Crippen LogP contribution in [0.25, 0.3) is 0 Å². The minimum absolute atomic E-state index is 0.0122. The third-order valence-electron chi connectivity index (χ3n) is 3.90. The Morgan fingerprint density at radius 2 is 2.20 bits per heavy atom. The molecule has 5 nitrogen and oxygen atoms in total. The lowest BCUT2D eigenvalue weighted by molar-refractivity contribution is -0.137. The molecule has 0 aromatic carbocycles. The van der Waals surface area contributed by atoms with E-state index in [1.54, 1.807) is 0 Å². The van der Waals surface area contributed by atoms with Gasteiger partial charge in [0.05, 0.1) is 0 Å². The van der Waals surface area contributed by atoms with Crippen LogP contribution in [0, 0.1) is 5.92 Å². The number of carbonyl (C=O) groups is 2. The number of carboxylic acids is 1. The van der Waals surface area contributed by atoms with Crippen molar-refractivity contribution >= 4 is 12.0 Å². The summed E-state index contributed by atoms with van der Waals surface area (Å²) < 4.78 is 0. The summed E-state index contributed by atoms with van der Waals surface area (Å²) in [5.41, 5.74) is 1.34. The zero-order chi connectivity index (χ0) is 15.0. The van der Waals surface area contributed by atoms with Crippen LogP contribution in [-0.4, -0.2) is 41.6 Å². The van der Waals surface area contributed by atoms with Crippen molar-refractivity contribution < 1.29 is 14.7 Å². The number of nitrogens with one attached hydrogen (secondary N) is 1. The Balaban J connectivity index is 2.21. The van der Waals surface area contributed by atoms with Gasteiger partial charge in [-0.3, -0.25) is 4.79 Å². The molecule has 20 heavy (non-hydrogen) atoms. The van der Waals surface area contributed by atoms with Gasteiger partial charge >= 0.3 is 12.0 Å². The summed E-state index contributed by atoms with van der Waals surface area (Å²) in [7, 11) is 0. The van der Waals surface area contributed by atoms with Crippen molar-refractivity contribution in [2.75, 3.05) is 19.6 Å². The normalized spacial score (nSPS) is 16.5. The minimum atomic E-state index is -0.747. The van der Waals surface area contributed by atoms with Gasteiger partial charge in [0.2, 0.25) is 0 Å². The van der Waals surface area contributed by atoms with Gasteiger partial charge in [0, 0.05) is 26.1 Å². The molecule has 0 radical (unpaired) electrons. The maximum absolute atomic E-state index is 11.9. The van der Waals surface area contributed by atoms with Gasteiger partial charge in [0.15, 0.2) is 0 Å². The van der Waals surface area contributed by atoms with E-state index in [1.807, 2.05) is 4.90 Å². The Bertz CT molecular complexity index is 366. The Morgan fingerprint density at radius 1 is 1.45 bits per heavy atom. The Kier molecular flexibility index (Phi) is 7.12. The molecule has 5 heteroatoms. The highest BCUT2D eigenvalue weighted by Crippen LogP contribution is 2.15. The lowest BCUT2D eigenvalue weighted by Gasteiger charge is -2.26. The van der Waals surface area contributed by atoms with Gasteiger partial charge in [-0.05, 0) is 32.1 Å². The van der Waals surface area contributed by atoms with Crippen LogP contribution >= 0.6 is 0 Å². The molecule has 1 unspecified atom stereocenters. The number of amides is 2. The number of hydrogen-bond donors (Lipinski definition) is 2. The maximum atomic E-state index is 11.9. The molecule has 0 spiro atoms. The third kappa shape index (κ3) is 6.08. The van der Waals surface area contributed by atoms with E-state index in [9.17, 15) is 9.59 Å². The molecule has 2 N–H and O–H groups in total. The van der Waals surface area contributed by atoms with Crippen molar-refractivity contribution in [1.82, 2.24) is 10.2 Å². The molecule has 0 saturated heterocycles. The van der Waals surface area contributed by atoms with Crippen LogP contribution < -0.4 is 5.32 Å². The highest BCUT2D eigenvalue weighted by Gasteiger charge is 2.15. The highest BCUT2D eigenvalue weighted by molar-refractivity contribution is 5.74. The summed E-state index contributed by atoms with van der Waals surface area (Å²) in [6.45, 7) is 6.24. The molecule has 0 fully saturated rings. The summed E-state index contributed by atoms with van der Waals surface area (Å²) in [5.74, 6) is -0.377. The molecular weight excluding hydrogens is 256 g/mol. The van der Waals surface area contributed by atoms with Crippen LogP contribution in [0.3, 0.4) is 0 Å². The molecule has 0 bridgehead atoms. The van der Waals surface area contributed by atoms with E-state index >= 15 is 0 Å². The highest BCUT2D eigenvalue weighted by atomic mass is 16.4. The van der Waals surface area contributed by atoms with E-state index in [0.717, 1.165) is 25.8 Å². The zero-order valence-corrected chi connectivity index (χ0v) is 12.5. The second kappa shape index (κ2) is 8.61. The smallest absolute Gasteiger partial charge is 0.317 e. The van der Waals surface area contributed by atoms with E-state index in [2.05, 4.69) is 25.2 Å². The molecule has 0 saturated carbocycles. The number of rotatable bonds is 7. The van der Waals surface area contributed by atoms with Crippen LogP contribution in [0.4, 0.5) is 4.79 Å². The summed E-state index contributed by atoms with van der Waals surface area (Å²) in [6.07, 6.45) is 5.73. The predicted octanol–water partition coefficient (Wildman–Crippen LogP) is 2.63. The second-order valence-electron chi connectivity index (χ2n) is 5.47. The van der Waals surface area contributed by atoms with Crippen LogP contribution in [0.15, 0.2) is 11.6 Å². The van der Waals surface area contributed by atoms with Crippen molar-refractivity contribution in [3.8, 4) is 0 Å². The van der Waals surface area contributed by atoms with E-state index in [0.29, 0.717) is 25.4 Å². The van der Waals surface area contributed by atoms with E-state index in [1.165, 1.54) is 5.57 Å². The lowest BCUT2D eigenvalue weighted by Crippen LogP contribution is -2.42. The second-order valence-corrected chi connectivity index (χ2v) is 5.47. The largest absolute Gasteiger partial charge is 0.481 e. The number of hydrogen-bond acceptors (Lipinski definition) is 2. The van der Waals surface area contributed by atoms with Crippen LogP contribution in [0.5, 0.6) is 0 Å². The van der Waals surface area contributed by atoms with Gasteiger partial charge in [0.1, 0.15) is 0 Å². The first kappa shape index (κ1) is 16.5. The van der Waals surface area contributed by atoms with E-state index in [-0.39, 0.29) is 12.5 Å². The first-order valence-corrected chi connectivity index (χ1v) is 7.43. The van der Waals surface area contributed by atoms with Crippen LogP contribution in [0.2, 0.25) is 0 Å². The van der Waals surface area contributed by atoms with Gasteiger partial charge in [0.25, 0.3) is 0 Å². The maximum Gasteiger partial charge on any atom is 0.317 e. The number of carboxylic acid groups (broad SMARTS) is 1. The molecule has 114 valence electrons. The first-order chi connectivity index (χ1) is 9.52. The van der Waals surface area contributed by atoms with Crippen molar-refractivity contribution in [2.45, 2.75) is 46.0 Å². The predicted molar refractivity (Wildman–Crippen MR) is 78.6 cm³/mol. The third-order valence-corrected chi connectivity index (χ3v) is 3.90. The number of urea groups is 1. The monoisotopic (exact) mass is 282 g/mol. The molecule has 1 heterocycles. The topological polar surface area (TPSA) is 69.6 Å². The Hall–Kier alpha value is -1.52.